The molecule has 1 saturated heterocycles. The molecule has 0 bridgehead atoms. The lowest BCUT2D eigenvalue weighted by molar-refractivity contribution is -0.0515. The van der Waals surface area contributed by atoms with Crippen molar-refractivity contribution >= 4 is 17.6 Å². The summed E-state index contributed by atoms with van der Waals surface area (Å²) in [4.78, 5) is 12.3. The van der Waals surface area contributed by atoms with Crippen LogP contribution in [-0.4, -0.2) is 31.6 Å². The van der Waals surface area contributed by atoms with Gasteiger partial charge in [0.1, 0.15) is 11.9 Å². The number of hydrogen-bond acceptors (Lipinski definition) is 4. The highest BCUT2D eigenvalue weighted by molar-refractivity contribution is 6.31. The van der Waals surface area contributed by atoms with Crippen LogP contribution in [0.1, 0.15) is 74.6 Å². The summed E-state index contributed by atoms with van der Waals surface area (Å²) in [6.45, 7) is 1.49. The molecule has 30 heavy (non-hydrogen) atoms. The molecule has 0 spiro atoms. The highest BCUT2D eigenvalue weighted by Gasteiger charge is 2.32. The van der Waals surface area contributed by atoms with Crippen LogP contribution in [0.15, 0.2) is 18.2 Å². The Hall–Kier alpha value is -1.17. The van der Waals surface area contributed by atoms with E-state index in [9.17, 15) is 9.18 Å². The van der Waals surface area contributed by atoms with Gasteiger partial charge in [-0.1, -0.05) is 24.4 Å². The summed E-state index contributed by atoms with van der Waals surface area (Å²) in [6, 6.07) is 3.98. The van der Waals surface area contributed by atoms with Gasteiger partial charge in [0.15, 0.2) is 6.29 Å². The van der Waals surface area contributed by atoms with Crippen molar-refractivity contribution in [3.05, 3.63) is 34.6 Å². The molecule has 1 aromatic rings. The van der Waals surface area contributed by atoms with Gasteiger partial charge in [-0.15, -0.1) is 0 Å². The smallest absolute Gasteiger partial charge is 0.338 e. The van der Waals surface area contributed by atoms with E-state index in [1.54, 1.807) is 0 Å². The van der Waals surface area contributed by atoms with Crippen LogP contribution in [-0.2, 0) is 14.2 Å². The Balaban J connectivity index is 1.16. The van der Waals surface area contributed by atoms with Gasteiger partial charge in [-0.2, -0.15) is 0 Å². The minimum Gasteiger partial charge on any atom is -0.459 e. The molecule has 3 aliphatic rings. The molecule has 4 rings (SSSR count). The van der Waals surface area contributed by atoms with E-state index in [4.69, 9.17) is 25.8 Å². The van der Waals surface area contributed by atoms with E-state index in [1.165, 1.54) is 50.3 Å². The Morgan fingerprint density at radius 3 is 2.23 bits per heavy atom. The highest BCUT2D eigenvalue weighted by atomic mass is 35.5. The van der Waals surface area contributed by atoms with Crippen molar-refractivity contribution in [3.63, 3.8) is 0 Å². The second-order valence-electron chi connectivity index (χ2n) is 9.10. The summed E-state index contributed by atoms with van der Waals surface area (Å²) in [7, 11) is 0. The van der Waals surface area contributed by atoms with Crippen LogP contribution in [0.3, 0.4) is 0 Å². The van der Waals surface area contributed by atoms with Gasteiger partial charge in [-0.05, 0) is 87.3 Å². The molecular weight excluding hydrogens is 407 g/mol. The Bertz CT molecular complexity index is 705. The maximum atomic E-state index is 13.3. The van der Waals surface area contributed by atoms with Gasteiger partial charge in [0.25, 0.3) is 0 Å². The van der Waals surface area contributed by atoms with Crippen molar-refractivity contribution in [3.8, 4) is 0 Å². The molecule has 0 radical (unpaired) electrons. The van der Waals surface area contributed by atoms with Gasteiger partial charge in [0, 0.05) is 0 Å². The van der Waals surface area contributed by atoms with Crippen molar-refractivity contribution in [2.24, 2.45) is 17.8 Å². The summed E-state index contributed by atoms with van der Waals surface area (Å²) in [5, 5.41) is -0.0490. The third-order valence-corrected chi connectivity index (χ3v) is 7.50. The number of carbonyl (C=O) groups excluding carboxylic acids is 1. The first-order chi connectivity index (χ1) is 14.6. The fourth-order valence-corrected chi connectivity index (χ4v) is 5.59. The highest BCUT2D eigenvalue weighted by Crippen LogP contribution is 2.41. The molecule has 6 heteroatoms. The number of ether oxygens (including phenoxy) is 3. The van der Waals surface area contributed by atoms with Crippen LogP contribution < -0.4 is 0 Å². The average molecular weight is 439 g/mol. The van der Waals surface area contributed by atoms with Crippen LogP contribution in [0.25, 0.3) is 0 Å². The third kappa shape index (κ3) is 5.74. The number of esters is 1. The lowest BCUT2D eigenvalue weighted by Crippen LogP contribution is -2.30. The zero-order valence-corrected chi connectivity index (χ0v) is 18.2. The lowest BCUT2D eigenvalue weighted by atomic mass is 9.70. The van der Waals surface area contributed by atoms with Crippen molar-refractivity contribution in [1.82, 2.24) is 0 Å². The molecule has 1 aliphatic heterocycles. The van der Waals surface area contributed by atoms with Gasteiger partial charge in [0.2, 0.25) is 0 Å². The molecule has 0 N–H and O–H groups in total. The Kier molecular flexibility index (Phi) is 7.66. The summed E-state index contributed by atoms with van der Waals surface area (Å²) in [6.07, 6.45) is 11.6. The minimum atomic E-state index is -0.524. The predicted molar refractivity (Wildman–Crippen MR) is 113 cm³/mol. The van der Waals surface area contributed by atoms with Crippen molar-refractivity contribution in [2.45, 2.75) is 76.6 Å². The van der Waals surface area contributed by atoms with E-state index in [0.29, 0.717) is 5.56 Å². The van der Waals surface area contributed by atoms with Crippen LogP contribution in [0.5, 0.6) is 0 Å². The second-order valence-corrected chi connectivity index (χ2v) is 9.51. The maximum Gasteiger partial charge on any atom is 0.338 e. The zero-order chi connectivity index (χ0) is 20.9. The van der Waals surface area contributed by atoms with E-state index in [1.807, 2.05) is 0 Å². The van der Waals surface area contributed by atoms with Crippen molar-refractivity contribution in [1.29, 1.82) is 0 Å². The van der Waals surface area contributed by atoms with Crippen molar-refractivity contribution in [2.75, 3.05) is 13.2 Å². The van der Waals surface area contributed by atoms with Gasteiger partial charge in [-0.3, -0.25) is 0 Å². The molecule has 1 heterocycles. The molecular formula is C24H32ClFO4. The first-order valence-electron chi connectivity index (χ1n) is 11.5. The first kappa shape index (κ1) is 22.0. The Labute approximate surface area is 183 Å². The lowest BCUT2D eigenvalue weighted by Gasteiger charge is -2.37. The Morgan fingerprint density at radius 1 is 0.967 bits per heavy atom. The van der Waals surface area contributed by atoms with E-state index in [0.717, 1.165) is 63.1 Å². The van der Waals surface area contributed by atoms with E-state index < -0.39 is 11.8 Å². The van der Waals surface area contributed by atoms with Gasteiger partial charge in [0.05, 0.1) is 23.8 Å². The normalized spacial score (nSPS) is 30.3. The molecule has 3 fully saturated rings. The van der Waals surface area contributed by atoms with Crippen LogP contribution in [0, 0.1) is 23.6 Å². The molecule has 4 nitrogen and oxygen atoms in total. The van der Waals surface area contributed by atoms with Crippen molar-refractivity contribution < 1.29 is 23.4 Å². The monoisotopic (exact) mass is 438 g/mol. The van der Waals surface area contributed by atoms with Gasteiger partial charge >= 0.3 is 5.97 Å². The van der Waals surface area contributed by atoms with E-state index in [2.05, 4.69) is 0 Å². The van der Waals surface area contributed by atoms with E-state index in [-0.39, 0.29) is 17.4 Å². The molecule has 0 amide bonds. The summed E-state index contributed by atoms with van der Waals surface area (Å²) in [5.41, 5.74) is 0.315. The molecule has 0 aromatic heterocycles. The van der Waals surface area contributed by atoms with Crippen LogP contribution in [0.2, 0.25) is 5.02 Å². The number of hydrogen-bond donors (Lipinski definition) is 0. The number of rotatable bonds is 6. The summed E-state index contributed by atoms with van der Waals surface area (Å²) < 4.78 is 30.1. The van der Waals surface area contributed by atoms with Crippen LogP contribution >= 0.6 is 11.6 Å². The topological polar surface area (TPSA) is 44.8 Å². The molecule has 2 saturated carbocycles. The molecule has 0 atom stereocenters. The second kappa shape index (κ2) is 10.4. The SMILES string of the molecule is O=C(OC1CCC(C2CCC(CCC3OCCO3)CC2)CC1)c1ccc(F)c(Cl)c1. The Morgan fingerprint density at radius 2 is 1.60 bits per heavy atom. The molecule has 2 aliphatic carbocycles. The quantitative estimate of drug-likeness (QED) is 0.499. The largest absolute Gasteiger partial charge is 0.459 e. The average Bonchev–Trinajstić information content (AvgIpc) is 3.29. The number of halogens is 2. The number of benzene rings is 1. The fourth-order valence-electron chi connectivity index (χ4n) is 5.41. The summed E-state index contributed by atoms with van der Waals surface area (Å²) in [5.74, 6) is 1.45. The third-order valence-electron chi connectivity index (χ3n) is 7.21. The number of carbonyl (C=O) groups is 1. The predicted octanol–water partition coefficient (Wildman–Crippen LogP) is 6.15. The van der Waals surface area contributed by atoms with Crippen LogP contribution in [0.4, 0.5) is 4.39 Å². The first-order valence-corrected chi connectivity index (χ1v) is 11.9. The molecule has 0 unspecified atom stereocenters. The fraction of sp³-hybridized carbons (Fsp3) is 0.708. The van der Waals surface area contributed by atoms with Gasteiger partial charge < -0.3 is 14.2 Å². The van der Waals surface area contributed by atoms with Gasteiger partial charge in [-0.25, -0.2) is 9.18 Å². The molecule has 1 aromatic carbocycles. The maximum absolute atomic E-state index is 13.3. The standard InChI is InChI=1S/C24H32ClFO4/c25-21-15-19(8-11-22(21)26)24(27)30-20-9-6-18(7-10-20)17-4-1-16(2-5-17)3-12-23-28-13-14-29-23/h8,11,15-18,20,23H,1-7,9-10,12-14H2. The van der Waals surface area contributed by atoms with E-state index >= 15 is 0 Å². The molecule has 166 valence electrons. The minimum absolute atomic E-state index is 0.0339. The summed E-state index contributed by atoms with van der Waals surface area (Å²) >= 11 is 5.77. The zero-order valence-electron chi connectivity index (χ0n) is 17.5.